The number of hydrogen-bond acceptors (Lipinski definition) is 2. The molecule has 3 nitrogen and oxygen atoms in total. The van der Waals surface area contributed by atoms with Crippen molar-refractivity contribution in [3.63, 3.8) is 0 Å². The molecule has 0 saturated heterocycles. The number of nitrogens with zero attached hydrogens (tertiary/aromatic N) is 1. The third kappa shape index (κ3) is 1.59. The van der Waals surface area contributed by atoms with Crippen LogP contribution >= 0.6 is 0 Å². The van der Waals surface area contributed by atoms with Gasteiger partial charge in [0.1, 0.15) is 0 Å². The van der Waals surface area contributed by atoms with E-state index in [2.05, 4.69) is 4.98 Å². The van der Waals surface area contributed by atoms with Crippen molar-refractivity contribution in [3.05, 3.63) is 54.4 Å². The monoisotopic (exact) mass is 239 g/mol. The lowest BCUT2D eigenvalue weighted by Crippen LogP contribution is -2.20. The molecule has 1 N–H and O–H groups in total. The molecule has 0 spiro atoms. The molecular weight excluding hydrogens is 226 g/mol. The maximum absolute atomic E-state index is 11.4. The normalized spacial score (nSPS) is 16.2. The van der Waals surface area contributed by atoms with E-state index in [4.69, 9.17) is 0 Å². The molecule has 18 heavy (non-hydrogen) atoms. The lowest BCUT2D eigenvalue weighted by atomic mass is 9.90. The summed E-state index contributed by atoms with van der Waals surface area (Å²) < 4.78 is 0. The van der Waals surface area contributed by atoms with E-state index in [0.717, 1.165) is 16.7 Å². The Morgan fingerprint density at radius 1 is 1.17 bits per heavy atom. The van der Waals surface area contributed by atoms with Crippen LogP contribution in [0.25, 0.3) is 11.1 Å². The molecule has 0 unspecified atom stereocenters. The van der Waals surface area contributed by atoms with E-state index in [1.54, 1.807) is 12.4 Å². The second-order valence-corrected chi connectivity index (χ2v) is 4.67. The Morgan fingerprint density at radius 2 is 1.89 bits per heavy atom. The zero-order chi connectivity index (χ0) is 12.6. The van der Waals surface area contributed by atoms with Crippen LogP contribution in [-0.4, -0.2) is 16.1 Å². The predicted molar refractivity (Wildman–Crippen MR) is 68.2 cm³/mol. The van der Waals surface area contributed by atoms with Crippen LogP contribution in [0.15, 0.2) is 48.8 Å². The first-order chi connectivity index (χ1) is 8.74. The molecule has 1 fully saturated rings. The SMILES string of the molecule is O=C(O)C1(c2ccncc2-c2ccccc2)CC1. The molecule has 3 rings (SSSR count). The summed E-state index contributed by atoms with van der Waals surface area (Å²) in [6.07, 6.45) is 4.86. The number of aromatic nitrogens is 1. The van der Waals surface area contributed by atoms with E-state index in [1.807, 2.05) is 36.4 Å². The number of carboxylic acids is 1. The van der Waals surface area contributed by atoms with Crippen LogP contribution in [0, 0.1) is 0 Å². The van der Waals surface area contributed by atoms with Crippen LogP contribution in [-0.2, 0) is 10.2 Å². The summed E-state index contributed by atoms with van der Waals surface area (Å²) in [7, 11) is 0. The zero-order valence-corrected chi connectivity index (χ0v) is 9.84. The summed E-state index contributed by atoms with van der Waals surface area (Å²) in [6.45, 7) is 0. The van der Waals surface area contributed by atoms with Crippen LogP contribution < -0.4 is 0 Å². The molecule has 1 aliphatic rings. The predicted octanol–water partition coefficient (Wildman–Crippen LogP) is 2.86. The van der Waals surface area contributed by atoms with Gasteiger partial charge in [0.15, 0.2) is 0 Å². The van der Waals surface area contributed by atoms with Gasteiger partial charge in [0, 0.05) is 18.0 Å². The number of pyridine rings is 1. The topological polar surface area (TPSA) is 50.2 Å². The molecule has 90 valence electrons. The third-order valence-corrected chi connectivity index (χ3v) is 3.58. The fourth-order valence-electron chi connectivity index (χ4n) is 2.38. The summed E-state index contributed by atoms with van der Waals surface area (Å²) in [5, 5.41) is 9.41. The van der Waals surface area contributed by atoms with E-state index in [9.17, 15) is 9.90 Å². The molecule has 1 saturated carbocycles. The van der Waals surface area contributed by atoms with Crippen molar-refractivity contribution in [2.24, 2.45) is 0 Å². The molecule has 1 heterocycles. The molecular formula is C15H13NO2. The van der Waals surface area contributed by atoms with Gasteiger partial charge in [0.2, 0.25) is 0 Å². The van der Waals surface area contributed by atoms with Crippen molar-refractivity contribution in [1.29, 1.82) is 0 Å². The fourth-order valence-corrected chi connectivity index (χ4v) is 2.38. The van der Waals surface area contributed by atoms with Gasteiger partial charge in [-0.05, 0) is 30.0 Å². The largest absolute Gasteiger partial charge is 0.481 e. The van der Waals surface area contributed by atoms with Gasteiger partial charge in [-0.1, -0.05) is 30.3 Å². The van der Waals surface area contributed by atoms with Crippen molar-refractivity contribution in [1.82, 2.24) is 4.98 Å². The van der Waals surface area contributed by atoms with Gasteiger partial charge in [0.25, 0.3) is 0 Å². The summed E-state index contributed by atoms with van der Waals surface area (Å²) in [5.41, 5.74) is 2.15. The minimum absolute atomic E-state index is 0.686. The molecule has 1 aromatic carbocycles. The highest BCUT2D eigenvalue weighted by Gasteiger charge is 2.52. The molecule has 0 radical (unpaired) electrons. The van der Waals surface area contributed by atoms with Crippen molar-refractivity contribution >= 4 is 5.97 Å². The minimum Gasteiger partial charge on any atom is -0.481 e. The second-order valence-electron chi connectivity index (χ2n) is 4.67. The van der Waals surface area contributed by atoms with Crippen molar-refractivity contribution < 1.29 is 9.90 Å². The van der Waals surface area contributed by atoms with Gasteiger partial charge in [0.05, 0.1) is 5.41 Å². The van der Waals surface area contributed by atoms with Crippen LogP contribution in [0.1, 0.15) is 18.4 Å². The maximum Gasteiger partial charge on any atom is 0.314 e. The number of aliphatic carboxylic acids is 1. The van der Waals surface area contributed by atoms with Crippen LogP contribution in [0.4, 0.5) is 0 Å². The maximum atomic E-state index is 11.4. The van der Waals surface area contributed by atoms with Crippen LogP contribution in [0.5, 0.6) is 0 Å². The summed E-state index contributed by atoms with van der Waals surface area (Å²) in [5.74, 6) is -0.731. The lowest BCUT2D eigenvalue weighted by molar-refractivity contribution is -0.140. The average Bonchev–Trinajstić information content (AvgIpc) is 3.21. The number of hydrogen-bond donors (Lipinski definition) is 1. The molecule has 3 heteroatoms. The fraction of sp³-hybridized carbons (Fsp3) is 0.200. The Labute approximate surface area is 105 Å². The second kappa shape index (κ2) is 3.95. The highest BCUT2D eigenvalue weighted by atomic mass is 16.4. The van der Waals surface area contributed by atoms with Crippen molar-refractivity contribution in [3.8, 4) is 11.1 Å². The number of carbonyl (C=O) groups is 1. The number of rotatable bonds is 3. The number of benzene rings is 1. The first-order valence-electron chi connectivity index (χ1n) is 5.97. The summed E-state index contributed by atoms with van der Waals surface area (Å²) >= 11 is 0. The Balaban J connectivity index is 2.15. The van der Waals surface area contributed by atoms with Crippen molar-refractivity contribution in [2.75, 3.05) is 0 Å². The highest BCUT2D eigenvalue weighted by Crippen LogP contribution is 2.51. The molecule has 1 aliphatic carbocycles. The van der Waals surface area contributed by atoms with E-state index >= 15 is 0 Å². The van der Waals surface area contributed by atoms with Gasteiger partial charge in [-0.15, -0.1) is 0 Å². The minimum atomic E-state index is -0.731. The first-order valence-corrected chi connectivity index (χ1v) is 5.97. The standard InChI is InChI=1S/C15H13NO2/c17-14(18)15(7-8-15)13-6-9-16-10-12(13)11-4-2-1-3-5-11/h1-6,9-10H,7-8H2,(H,17,18). The molecule has 1 aromatic heterocycles. The van der Waals surface area contributed by atoms with Gasteiger partial charge >= 0.3 is 5.97 Å². The molecule has 0 atom stereocenters. The Hall–Kier alpha value is -2.16. The average molecular weight is 239 g/mol. The van der Waals surface area contributed by atoms with E-state index < -0.39 is 11.4 Å². The van der Waals surface area contributed by atoms with Crippen LogP contribution in [0.3, 0.4) is 0 Å². The third-order valence-electron chi connectivity index (χ3n) is 3.58. The molecule has 0 aliphatic heterocycles. The smallest absolute Gasteiger partial charge is 0.314 e. The lowest BCUT2D eigenvalue weighted by Gasteiger charge is -2.15. The van der Waals surface area contributed by atoms with Gasteiger partial charge in [-0.3, -0.25) is 9.78 Å². The molecule has 2 aromatic rings. The highest BCUT2D eigenvalue weighted by molar-refractivity contribution is 5.88. The summed E-state index contributed by atoms with van der Waals surface area (Å²) in [6, 6.07) is 11.7. The molecule has 0 bridgehead atoms. The van der Waals surface area contributed by atoms with Crippen molar-refractivity contribution in [2.45, 2.75) is 18.3 Å². The van der Waals surface area contributed by atoms with E-state index in [1.165, 1.54) is 0 Å². The van der Waals surface area contributed by atoms with Gasteiger partial charge in [-0.25, -0.2) is 0 Å². The van der Waals surface area contributed by atoms with E-state index in [0.29, 0.717) is 12.8 Å². The number of carboxylic acid groups (broad SMARTS) is 1. The Morgan fingerprint density at radius 3 is 2.50 bits per heavy atom. The van der Waals surface area contributed by atoms with Crippen LogP contribution in [0.2, 0.25) is 0 Å². The zero-order valence-electron chi connectivity index (χ0n) is 9.84. The van der Waals surface area contributed by atoms with Gasteiger partial charge < -0.3 is 5.11 Å². The van der Waals surface area contributed by atoms with Gasteiger partial charge in [-0.2, -0.15) is 0 Å². The quantitative estimate of drug-likeness (QED) is 0.896. The van der Waals surface area contributed by atoms with E-state index in [-0.39, 0.29) is 0 Å². The molecule has 0 amide bonds. The summed E-state index contributed by atoms with van der Waals surface area (Å²) in [4.78, 5) is 15.6. The Kier molecular flexibility index (Phi) is 2.40. The first kappa shape index (κ1) is 11.0. The Bertz CT molecular complexity index is 588.